The van der Waals surface area contributed by atoms with Crippen molar-refractivity contribution in [1.29, 1.82) is 0 Å². The van der Waals surface area contributed by atoms with Gasteiger partial charge in [-0.1, -0.05) is 54.1 Å². The van der Waals surface area contributed by atoms with E-state index < -0.39 is 0 Å². The van der Waals surface area contributed by atoms with Crippen LogP contribution < -0.4 is 5.32 Å². The molecule has 0 atom stereocenters. The van der Waals surface area contributed by atoms with E-state index in [-0.39, 0.29) is 18.1 Å². The monoisotopic (exact) mass is 364 g/mol. The Hall–Kier alpha value is -2.98. The topological polar surface area (TPSA) is 59.1 Å². The normalized spacial score (nSPS) is 10.3. The summed E-state index contributed by atoms with van der Waals surface area (Å²) < 4.78 is 0. The van der Waals surface area contributed by atoms with Gasteiger partial charge in [-0.05, 0) is 29.8 Å². The smallest absolute Gasteiger partial charge is 0.251 e. The summed E-state index contributed by atoms with van der Waals surface area (Å²) in [7, 11) is 0. The molecule has 4 nitrogen and oxygen atoms in total. The third-order valence-corrected chi connectivity index (χ3v) is 4.09. The molecule has 1 amide bonds. The van der Waals surface area contributed by atoms with E-state index in [0.29, 0.717) is 28.4 Å². The molecule has 0 saturated heterocycles. The Kier molecular flexibility index (Phi) is 5.77. The van der Waals surface area contributed by atoms with Crippen LogP contribution in [0.3, 0.4) is 0 Å². The zero-order chi connectivity index (χ0) is 18.4. The number of halogens is 1. The second-order valence-corrected chi connectivity index (χ2v) is 6.25. The van der Waals surface area contributed by atoms with Crippen LogP contribution >= 0.6 is 11.6 Å². The molecular formula is C21H17ClN2O2. The number of benzene rings is 2. The molecule has 5 heteroatoms. The summed E-state index contributed by atoms with van der Waals surface area (Å²) in [4.78, 5) is 28.8. The number of hydrogen-bond acceptors (Lipinski definition) is 3. The van der Waals surface area contributed by atoms with E-state index in [1.54, 1.807) is 42.6 Å². The predicted octanol–water partition coefficient (Wildman–Crippen LogP) is 4.09. The van der Waals surface area contributed by atoms with Gasteiger partial charge in [0.2, 0.25) is 0 Å². The number of carbonyl (C=O) groups is 2. The molecule has 1 heterocycles. The summed E-state index contributed by atoms with van der Waals surface area (Å²) in [6.07, 6.45) is 1.70. The van der Waals surface area contributed by atoms with E-state index in [1.165, 1.54) is 0 Å². The fourth-order valence-electron chi connectivity index (χ4n) is 2.54. The summed E-state index contributed by atoms with van der Waals surface area (Å²) >= 11 is 5.94. The van der Waals surface area contributed by atoms with Crippen molar-refractivity contribution in [3.8, 4) is 0 Å². The van der Waals surface area contributed by atoms with Crippen LogP contribution in [-0.2, 0) is 13.0 Å². The number of hydrogen-bond donors (Lipinski definition) is 1. The van der Waals surface area contributed by atoms with Crippen LogP contribution in [0, 0.1) is 0 Å². The number of ketones is 1. The molecule has 0 aliphatic rings. The minimum Gasteiger partial charge on any atom is -0.348 e. The average molecular weight is 365 g/mol. The Bertz CT molecular complexity index is 926. The predicted molar refractivity (Wildman–Crippen MR) is 101 cm³/mol. The Balaban J connectivity index is 1.64. The van der Waals surface area contributed by atoms with Crippen LogP contribution in [0.5, 0.6) is 0 Å². The molecule has 0 saturated carbocycles. The first kappa shape index (κ1) is 17.8. The average Bonchev–Trinajstić information content (AvgIpc) is 2.67. The van der Waals surface area contributed by atoms with Gasteiger partial charge in [-0.3, -0.25) is 14.6 Å². The molecule has 1 N–H and O–H groups in total. The van der Waals surface area contributed by atoms with Gasteiger partial charge in [-0.15, -0.1) is 0 Å². The number of nitrogens with one attached hydrogen (secondary N) is 1. The van der Waals surface area contributed by atoms with Crippen LogP contribution in [0.15, 0.2) is 72.9 Å². The van der Waals surface area contributed by atoms with Gasteiger partial charge < -0.3 is 5.32 Å². The number of nitrogens with zero attached hydrogens (tertiary/aromatic N) is 1. The summed E-state index contributed by atoms with van der Waals surface area (Å²) in [5, 5.41) is 3.47. The van der Waals surface area contributed by atoms with Crippen molar-refractivity contribution in [2.24, 2.45) is 0 Å². The Morgan fingerprint density at radius 3 is 2.50 bits per heavy atom. The summed E-state index contributed by atoms with van der Waals surface area (Å²) in [6, 6.07) is 19.6. The Morgan fingerprint density at radius 2 is 1.73 bits per heavy atom. The molecule has 2 aromatic carbocycles. The molecule has 3 aromatic rings. The highest BCUT2D eigenvalue weighted by Gasteiger charge is 2.11. The first-order valence-corrected chi connectivity index (χ1v) is 8.55. The van der Waals surface area contributed by atoms with Crippen molar-refractivity contribution < 1.29 is 9.59 Å². The Morgan fingerprint density at radius 1 is 0.923 bits per heavy atom. The van der Waals surface area contributed by atoms with Gasteiger partial charge in [0, 0.05) is 34.6 Å². The van der Waals surface area contributed by atoms with Crippen LogP contribution in [0.1, 0.15) is 32.0 Å². The van der Waals surface area contributed by atoms with E-state index >= 15 is 0 Å². The molecule has 0 unspecified atom stereocenters. The largest absolute Gasteiger partial charge is 0.348 e. The van der Waals surface area contributed by atoms with Crippen molar-refractivity contribution in [3.63, 3.8) is 0 Å². The standard InChI is InChI=1S/C21H17ClN2O2/c22-18-8-4-5-15(11-18)14-24-21(26)17-9-10-23-19(12-17)13-20(25)16-6-2-1-3-7-16/h1-12H,13-14H2,(H,24,26). The molecule has 0 radical (unpaired) electrons. The lowest BCUT2D eigenvalue weighted by atomic mass is 10.1. The molecule has 0 bridgehead atoms. The lowest BCUT2D eigenvalue weighted by Crippen LogP contribution is -2.23. The highest BCUT2D eigenvalue weighted by Crippen LogP contribution is 2.11. The molecule has 130 valence electrons. The van der Waals surface area contributed by atoms with Crippen molar-refractivity contribution in [3.05, 3.63) is 100 Å². The fraction of sp³-hybridized carbons (Fsp3) is 0.0952. The molecule has 0 fully saturated rings. The number of Topliss-reactive ketones (excluding diaryl/α,β-unsaturated/α-hetero) is 1. The van der Waals surface area contributed by atoms with Gasteiger partial charge in [0.1, 0.15) is 0 Å². The number of aromatic nitrogens is 1. The van der Waals surface area contributed by atoms with E-state index in [2.05, 4.69) is 10.3 Å². The fourth-order valence-corrected chi connectivity index (χ4v) is 2.75. The highest BCUT2D eigenvalue weighted by atomic mass is 35.5. The molecule has 0 aliphatic carbocycles. The maximum atomic E-state index is 12.4. The zero-order valence-corrected chi connectivity index (χ0v) is 14.7. The van der Waals surface area contributed by atoms with Crippen LogP contribution in [0.4, 0.5) is 0 Å². The number of carbonyl (C=O) groups excluding carboxylic acids is 2. The number of pyridine rings is 1. The van der Waals surface area contributed by atoms with E-state index in [9.17, 15) is 9.59 Å². The van der Waals surface area contributed by atoms with Gasteiger partial charge in [0.15, 0.2) is 5.78 Å². The molecular weight excluding hydrogens is 348 g/mol. The van der Waals surface area contributed by atoms with Crippen LogP contribution in [-0.4, -0.2) is 16.7 Å². The maximum absolute atomic E-state index is 12.4. The lowest BCUT2D eigenvalue weighted by molar-refractivity contribution is 0.0947. The van der Waals surface area contributed by atoms with Crippen molar-refractivity contribution in [2.45, 2.75) is 13.0 Å². The zero-order valence-electron chi connectivity index (χ0n) is 14.0. The minimum absolute atomic E-state index is 0.0328. The van der Waals surface area contributed by atoms with Gasteiger partial charge in [-0.25, -0.2) is 0 Å². The molecule has 1 aromatic heterocycles. The molecule has 0 spiro atoms. The van der Waals surface area contributed by atoms with Gasteiger partial charge in [-0.2, -0.15) is 0 Å². The van der Waals surface area contributed by atoms with Crippen molar-refractivity contribution in [1.82, 2.24) is 10.3 Å². The van der Waals surface area contributed by atoms with E-state index in [0.717, 1.165) is 5.56 Å². The van der Waals surface area contributed by atoms with Crippen molar-refractivity contribution in [2.75, 3.05) is 0 Å². The van der Waals surface area contributed by atoms with Gasteiger partial charge in [0.05, 0.1) is 6.42 Å². The van der Waals surface area contributed by atoms with E-state index in [4.69, 9.17) is 11.6 Å². The second kappa shape index (κ2) is 8.41. The maximum Gasteiger partial charge on any atom is 0.251 e. The minimum atomic E-state index is -0.221. The van der Waals surface area contributed by atoms with E-state index in [1.807, 2.05) is 30.3 Å². The quantitative estimate of drug-likeness (QED) is 0.670. The molecule has 3 rings (SSSR count). The highest BCUT2D eigenvalue weighted by molar-refractivity contribution is 6.30. The molecule has 26 heavy (non-hydrogen) atoms. The van der Waals surface area contributed by atoms with Crippen LogP contribution in [0.2, 0.25) is 5.02 Å². The Labute approximate surface area is 156 Å². The summed E-state index contributed by atoms with van der Waals surface area (Å²) in [5.41, 5.74) is 2.58. The van der Waals surface area contributed by atoms with Crippen LogP contribution in [0.25, 0.3) is 0 Å². The molecule has 0 aliphatic heterocycles. The first-order chi connectivity index (χ1) is 12.6. The first-order valence-electron chi connectivity index (χ1n) is 8.17. The second-order valence-electron chi connectivity index (χ2n) is 5.81. The van der Waals surface area contributed by atoms with Crippen molar-refractivity contribution >= 4 is 23.3 Å². The third-order valence-electron chi connectivity index (χ3n) is 3.86. The number of rotatable bonds is 6. The summed E-state index contributed by atoms with van der Waals surface area (Å²) in [6.45, 7) is 0.375. The third kappa shape index (κ3) is 4.77. The lowest BCUT2D eigenvalue weighted by Gasteiger charge is -2.07. The summed E-state index contributed by atoms with van der Waals surface area (Å²) in [5.74, 6) is -0.254. The SMILES string of the molecule is O=C(Cc1cc(C(=O)NCc2cccc(Cl)c2)ccn1)c1ccccc1. The van der Waals surface area contributed by atoms with Gasteiger partial charge >= 0.3 is 0 Å². The number of amides is 1. The van der Waals surface area contributed by atoms with Gasteiger partial charge in [0.25, 0.3) is 5.91 Å².